The first-order chi connectivity index (χ1) is 13.3. The summed E-state index contributed by atoms with van der Waals surface area (Å²) < 4.78 is 38.0. The first-order valence-corrected chi connectivity index (χ1v) is 9.83. The second-order valence-corrected chi connectivity index (χ2v) is 7.82. The first kappa shape index (κ1) is 21.2. The summed E-state index contributed by atoms with van der Waals surface area (Å²) >= 11 is 0. The molecular weight excluding hydrogens is 382 g/mol. The number of hydrogen-bond donors (Lipinski definition) is 1. The summed E-state index contributed by atoms with van der Waals surface area (Å²) in [5, 5.41) is 3.84. The highest BCUT2D eigenvalue weighted by molar-refractivity contribution is 7.92. The summed E-state index contributed by atoms with van der Waals surface area (Å²) in [4.78, 5) is 12.4. The molecule has 150 valence electrons. The zero-order valence-electron chi connectivity index (χ0n) is 16.2. The van der Waals surface area contributed by atoms with E-state index in [1.54, 1.807) is 44.2 Å². The van der Waals surface area contributed by atoms with Crippen molar-refractivity contribution in [3.05, 3.63) is 48.5 Å². The van der Waals surface area contributed by atoms with Crippen LogP contribution in [0.25, 0.3) is 0 Å². The molecule has 0 aromatic heterocycles. The molecule has 2 aromatic rings. The minimum atomic E-state index is -4.04. The fraction of sp³-hybridized carbons (Fsp3) is 0.263. The maximum absolute atomic E-state index is 13.3. The molecule has 2 rings (SSSR count). The van der Waals surface area contributed by atoms with E-state index in [2.05, 4.69) is 10.5 Å². The van der Waals surface area contributed by atoms with Crippen molar-refractivity contribution in [3.63, 3.8) is 0 Å². The minimum absolute atomic E-state index is 0.0517. The molecule has 28 heavy (non-hydrogen) atoms. The molecule has 9 heteroatoms. The SMILES string of the molecule is COc1ccc(N(CC(=O)NN=C(C)C)S(=O)(=O)c2ccccc2)c(OC)c1. The number of carbonyl (C=O) groups excluding carboxylic acids is 1. The van der Waals surface area contributed by atoms with Crippen LogP contribution in [0.15, 0.2) is 58.5 Å². The largest absolute Gasteiger partial charge is 0.497 e. The fourth-order valence-electron chi connectivity index (χ4n) is 2.35. The summed E-state index contributed by atoms with van der Waals surface area (Å²) in [5.74, 6) is 0.161. The van der Waals surface area contributed by atoms with Gasteiger partial charge in [-0.25, -0.2) is 13.8 Å². The van der Waals surface area contributed by atoms with Gasteiger partial charge in [-0.15, -0.1) is 0 Å². The molecule has 0 saturated carbocycles. The quantitative estimate of drug-likeness (QED) is 0.537. The number of nitrogens with one attached hydrogen (secondary N) is 1. The van der Waals surface area contributed by atoms with Crippen LogP contribution in [0.2, 0.25) is 0 Å². The van der Waals surface area contributed by atoms with Gasteiger partial charge < -0.3 is 9.47 Å². The van der Waals surface area contributed by atoms with Crippen molar-refractivity contribution in [2.24, 2.45) is 5.10 Å². The third-order valence-corrected chi connectivity index (χ3v) is 5.45. The first-order valence-electron chi connectivity index (χ1n) is 8.39. The van der Waals surface area contributed by atoms with Crippen molar-refractivity contribution >= 4 is 27.3 Å². The van der Waals surface area contributed by atoms with Gasteiger partial charge in [0.2, 0.25) is 0 Å². The Morgan fingerprint density at radius 3 is 2.32 bits per heavy atom. The van der Waals surface area contributed by atoms with Crippen LogP contribution in [0.5, 0.6) is 11.5 Å². The Morgan fingerprint density at radius 1 is 1.07 bits per heavy atom. The second-order valence-electron chi connectivity index (χ2n) is 5.96. The molecule has 0 unspecified atom stereocenters. The molecule has 0 aliphatic heterocycles. The van der Waals surface area contributed by atoms with Crippen molar-refractivity contribution in [2.75, 3.05) is 25.1 Å². The lowest BCUT2D eigenvalue weighted by Crippen LogP contribution is -2.39. The Balaban J connectivity index is 2.54. The van der Waals surface area contributed by atoms with E-state index in [4.69, 9.17) is 9.47 Å². The topological polar surface area (TPSA) is 97.3 Å². The van der Waals surface area contributed by atoms with Crippen LogP contribution in [-0.4, -0.2) is 40.8 Å². The molecule has 0 aliphatic rings. The van der Waals surface area contributed by atoms with E-state index in [9.17, 15) is 13.2 Å². The van der Waals surface area contributed by atoms with Gasteiger partial charge in [0.05, 0.1) is 24.8 Å². The molecule has 0 fully saturated rings. The molecule has 2 aromatic carbocycles. The molecule has 1 N–H and O–H groups in total. The number of rotatable bonds is 8. The molecular formula is C19H23N3O5S. The van der Waals surface area contributed by atoms with Crippen molar-refractivity contribution < 1.29 is 22.7 Å². The van der Waals surface area contributed by atoms with Crippen molar-refractivity contribution in [1.29, 1.82) is 0 Å². The number of methoxy groups -OCH3 is 2. The highest BCUT2D eigenvalue weighted by Gasteiger charge is 2.29. The number of ether oxygens (including phenoxy) is 2. The summed E-state index contributed by atoms with van der Waals surface area (Å²) in [6.07, 6.45) is 0. The van der Waals surface area contributed by atoms with Crippen LogP contribution in [0.1, 0.15) is 13.8 Å². The van der Waals surface area contributed by atoms with Crippen LogP contribution < -0.4 is 19.2 Å². The van der Waals surface area contributed by atoms with Gasteiger partial charge in [-0.05, 0) is 38.1 Å². The number of hydrazone groups is 1. The highest BCUT2D eigenvalue weighted by atomic mass is 32.2. The third-order valence-electron chi connectivity index (χ3n) is 3.68. The normalized spacial score (nSPS) is 10.7. The maximum atomic E-state index is 13.3. The van der Waals surface area contributed by atoms with Crippen LogP contribution in [0, 0.1) is 0 Å². The van der Waals surface area contributed by atoms with Crippen LogP contribution in [0.3, 0.4) is 0 Å². The minimum Gasteiger partial charge on any atom is -0.497 e. The van der Waals surface area contributed by atoms with E-state index < -0.39 is 22.5 Å². The Bertz CT molecular complexity index is 955. The lowest BCUT2D eigenvalue weighted by atomic mass is 10.2. The summed E-state index contributed by atoms with van der Waals surface area (Å²) in [6.45, 7) is 2.95. The summed E-state index contributed by atoms with van der Waals surface area (Å²) in [7, 11) is -1.13. The number of nitrogens with zero attached hydrogens (tertiary/aromatic N) is 2. The molecule has 0 spiro atoms. The second kappa shape index (κ2) is 9.23. The van der Waals surface area contributed by atoms with Crippen molar-refractivity contribution in [1.82, 2.24) is 5.43 Å². The van der Waals surface area contributed by atoms with Gasteiger partial charge in [-0.3, -0.25) is 9.10 Å². The molecule has 0 saturated heterocycles. The molecule has 1 amide bonds. The van der Waals surface area contributed by atoms with E-state index in [0.29, 0.717) is 11.5 Å². The number of amides is 1. The third kappa shape index (κ3) is 5.01. The van der Waals surface area contributed by atoms with E-state index in [1.165, 1.54) is 32.4 Å². The van der Waals surface area contributed by atoms with E-state index >= 15 is 0 Å². The highest BCUT2D eigenvalue weighted by Crippen LogP contribution is 2.35. The molecule has 0 heterocycles. The van der Waals surface area contributed by atoms with Crippen LogP contribution >= 0.6 is 0 Å². The number of carbonyl (C=O) groups is 1. The Morgan fingerprint density at radius 2 is 1.75 bits per heavy atom. The zero-order valence-corrected chi connectivity index (χ0v) is 17.0. The van der Waals surface area contributed by atoms with E-state index in [1.807, 2.05) is 0 Å². The Kier molecular flexibility index (Phi) is 7.00. The monoisotopic (exact) mass is 405 g/mol. The van der Waals surface area contributed by atoms with Crippen molar-refractivity contribution in [3.8, 4) is 11.5 Å². The summed E-state index contributed by atoms with van der Waals surface area (Å²) in [5.41, 5.74) is 3.18. The fourth-order valence-corrected chi connectivity index (χ4v) is 3.80. The average Bonchev–Trinajstić information content (AvgIpc) is 2.70. The smallest absolute Gasteiger partial charge is 0.264 e. The summed E-state index contributed by atoms with van der Waals surface area (Å²) in [6, 6.07) is 12.5. The predicted molar refractivity (Wildman–Crippen MR) is 107 cm³/mol. The number of sulfonamides is 1. The van der Waals surface area contributed by atoms with Gasteiger partial charge in [0.15, 0.2) is 0 Å². The van der Waals surface area contributed by atoms with Crippen molar-refractivity contribution in [2.45, 2.75) is 18.7 Å². The Hall–Kier alpha value is -3.07. The molecule has 0 aliphatic carbocycles. The lowest BCUT2D eigenvalue weighted by molar-refractivity contribution is -0.119. The van der Waals surface area contributed by atoms with Gasteiger partial charge >= 0.3 is 0 Å². The standard InChI is InChI=1S/C19H23N3O5S/c1-14(2)20-21-19(23)13-22(28(24,25)16-8-6-5-7-9-16)17-11-10-15(26-3)12-18(17)27-4/h5-12H,13H2,1-4H3,(H,21,23). The maximum Gasteiger partial charge on any atom is 0.264 e. The van der Waals surface area contributed by atoms with Gasteiger partial charge in [-0.2, -0.15) is 5.10 Å². The molecule has 0 bridgehead atoms. The Labute approximate surface area is 164 Å². The molecule has 8 nitrogen and oxygen atoms in total. The van der Waals surface area contributed by atoms with E-state index in [-0.39, 0.29) is 16.3 Å². The van der Waals surface area contributed by atoms with Gasteiger partial charge in [0, 0.05) is 11.8 Å². The zero-order chi connectivity index (χ0) is 20.7. The molecule has 0 atom stereocenters. The predicted octanol–water partition coefficient (Wildman–Crippen LogP) is 2.41. The number of hydrogen-bond acceptors (Lipinski definition) is 6. The van der Waals surface area contributed by atoms with Gasteiger partial charge in [0.1, 0.15) is 18.0 Å². The lowest BCUT2D eigenvalue weighted by Gasteiger charge is -2.25. The van der Waals surface area contributed by atoms with Crippen LogP contribution in [0.4, 0.5) is 5.69 Å². The van der Waals surface area contributed by atoms with Gasteiger partial charge in [0.25, 0.3) is 15.9 Å². The average molecular weight is 405 g/mol. The number of anilines is 1. The number of benzene rings is 2. The molecule has 0 radical (unpaired) electrons. The van der Waals surface area contributed by atoms with Crippen LogP contribution in [-0.2, 0) is 14.8 Å². The van der Waals surface area contributed by atoms with E-state index in [0.717, 1.165) is 4.31 Å². The van der Waals surface area contributed by atoms with Gasteiger partial charge in [-0.1, -0.05) is 18.2 Å².